The number of aryl methyl sites for hydroxylation is 2. The summed E-state index contributed by atoms with van der Waals surface area (Å²) in [6.07, 6.45) is 3.08. The number of carbonyl (C=O) groups is 3. The highest BCUT2D eigenvalue weighted by atomic mass is 79.9. The Bertz CT molecular complexity index is 770. The average molecular weight is 419 g/mol. The maximum Gasteiger partial charge on any atom is 0.247 e. The van der Waals surface area contributed by atoms with Crippen LogP contribution >= 0.6 is 15.9 Å². The molecule has 1 aliphatic heterocycles. The maximum absolute atomic E-state index is 12.9. The molecule has 0 unspecified atom stereocenters. The SMILES string of the molecule is Cc1cc(NC(=O)[C@H](C)N2C(=O)[C@@H]3[C@H]4CC[C@@H](C4)[C@@H]3C2=O)cc(C)c1Br. The predicted octanol–water partition coefficient (Wildman–Crippen LogP) is 3.42. The molecule has 1 saturated heterocycles. The molecule has 3 aliphatic rings. The number of hydrogen-bond donors (Lipinski definition) is 1. The Balaban J connectivity index is 1.52. The number of nitrogens with zero attached hydrogens (tertiary/aromatic N) is 1. The number of benzene rings is 1. The molecule has 5 nitrogen and oxygen atoms in total. The third-order valence-electron chi connectivity index (χ3n) is 6.43. The molecular weight excluding hydrogens is 396 g/mol. The molecule has 26 heavy (non-hydrogen) atoms. The van der Waals surface area contributed by atoms with E-state index in [1.807, 2.05) is 26.0 Å². The van der Waals surface area contributed by atoms with Crippen molar-refractivity contribution in [2.45, 2.75) is 46.1 Å². The number of carbonyl (C=O) groups excluding carboxylic acids is 3. The van der Waals surface area contributed by atoms with E-state index in [1.54, 1.807) is 6.92 Å². The highest BCUT2D eigenvalue weighted by molar-refractivity contribution is 9.10. The van der Waals surface area contributed by atoms with Crippen molar-refractivity contribution in [3.8, 4) is 0 Å². The van der Waals surface area contributed by atoms with Crippen molar-refractivity contribution in [2.24, 2.45) is 23.7 Å². The molecule has 2 bridgehead atoms. The first-order valence-corrected chi connectivity index (χ1v) is 10.0. The highest BCUT2D eigenvalue weighted by Gasteiger charge is 2.62. The summed E-state index contributed by atoms with van der Waals surface area (Å²) in [5, 5.41) is 2.87. The van der Waals surface area contributed by atoms with Crippen molar-refractivity contribution >= 4 is 39.3 Å². The van der Waals surface area contributed by atoms with Crippen molar-refractivity contribution in [3.05, 3.63) is 27.7 Å². The van der Waals surface area contributed by atoms with E-state index in [0.29, 0.717) is 17.5 Å². The third kappa shape index (κ3) is 2.53. The molecule has 1 aromatic rings. The largest absolute Gasteiger partial charge is 0.324 e. The number of fused-ring (bicyclic) bond motifs is 5. The lowest BCUT2D eigenvalue weighted by Gasteiger charge is -2.24. The van der Waals surface area contributed by atoms with E-state index in [4.69, 9.17) is 0 Å². The van der Waals surface area contributed by atoms with E-state index in [9.17, 15) is 14.4 Å². The Morgan fingerprint density at radius 1 is 1.12 bits per heavy atom. The molecule has 3 amide bonds. The van der Waals surface area contributed by atoms with E-state index in [1.165, 1.54) is 4.90 Å². The van der Waals surface area contributed by atoms with Crippen molar-refractivity contribution in [1.82, 2.24) is 4.90 Å². The standard InChI is InChI=1S/C20H23BrN2O3/c1-9-6-14(7-10(2)17(9)21)22-18(24)11(3)23-19(25)15-12-4-5-13(8-12)16(15)20(23)26/h6-7,11-13,15-16H,4-5,8H2,1-3H3,(H,22,24)/t11-,12-,13-,15-,16+/m0/s1. The van der Waals surface area contributed by atoms with Crippen LogP contribution < -0.4 is 5.32 Å². The van der Waals surface area contributed by atoms with Gasteiger partial charge in [0.25, 0.3) is 0 Å². The number of imide groups is 1. The number of likely N-dealkylation sites (tertiary alicyclic amines) is 1. The molecule has 2 saturated carbocycles. The lowest BCUT2D eigenvalue weighted by atomic mass is 9.81. The quantitative estimate of drug-likeness (QED) is 0.764. The maximum atomic E-state index is 12.9. The first kappa shape index (κ1) is 17.7. The van der Waals surface area contributed by atoms with Crippen molar-refractivity contribution in [3.63, 3.8) is 0 Å². The summed E-state index contributed by atoms with van der Waals surface area (Å²) in [5.41, 5.74) is 2.72. The van der Waals surface area contributed by atoms with Crippen LogP contribution in [0.4, 0.5) is 5.69 Å². The molecule has 0 spiro atoms. The summed E-state index contributed by atoms with van der Waals surface area (Å²) in [5.74, 6) is -0.310. The molecule has 0 aromatic heterocycles. The van der Waals surface area contributed by atoms with Crippen LogP contribution in [0.2, 0.25) is 0 Å². The fourth-order valence-electron chi connectivity index (χ4n) is 5.20. The van der Waals surface area contributed by atoms with E-state index in [-0.39, 0.29) is 29.6 Å². The van der Waals surface area contributed by atoms with Crippen molar-refractivity contribution in [2.75, 3.05) is 5.32 Å². The fourth-order valence-corrected chi connectivity index (χ4v) is 5.42. The minimum atomic E-state index is -0.788. The Hall–Kier alpha value is -1.69. The summed E-state index contributed by atoms with van der Waals surface area (Å²) in [4.78, 5) is 39.7. The topological polar surface area (TPSA) is 66.5 Å². The first-order valence-electron chi connectivity index (χ1n) is 9.24. The second-order valence-corrected chi connectivity index (χ2v) is 8.81. The van der Waals surface area contributed by atoms with E-state index in [0.717, 1.165) is 34.9 Å². The summed E-state index contributed by atoms with van der Waals surface area (Å²) in [6, 6.07) is 2.97. The second-order valence-electron chi connectivity index (χ2n) is 8.02. The van der Waals surface area contributed by atoms with Gasteiger partial charge >= 0.3 is 0 Å². The van der Waals surface area contributed by atoms with Crippen LogP contribution in [0.1, 0.15) is 37.3 Å². The molecule has 138 valence electrons. The van der Waals surface area contributed by atoms with Gasteiger partial charge in [-0.25, -0.2) is 0 Å². The number of rotatable bonds is 3. The summed E-state index contributed by atoms with van der Waals surface area (Å²) < 4.78 is 1.01. The van der Waals surface area contributed by atoms with Gasteiger partial charge in [0.1, 0.15) is 6.04 Å². The first-order chi connectivity index (χ1) is 12.3. The van der Waals surface area contributed by atoms with Gasteiger partial charge in [-0.05, 0) is 75.1 Å². The normalized spacial score (nSPS) is 30.7. The molecule has 1 heterocycles. The van der Waals surface area contributed by atoms with Crippen LogP contribution in [0.3, 0.4) is 0 Å². The zero-order valence-corrected chi connectivity index (χ0v) is 16.8. The molecule has 1 N–H and O–H groups in total. The number of halogens is 1. The summed E-state index contributed by atoms with van der Waals surface area (Å²) >= 11 is 3.51. The van der Waals surface area contributed by atoms with E-state index < -0.39 is 6.04 Å². The zero-order chi connectivity index (χ0) is 18.7. The Labute approximate surface area is 161 Å². The molecule has 3 fully saturated rings. The second kappa shape index (κ2) is 6.19. The predicted molar refractivity (Wildman–Crippen MR) is 101 cm³/mol. The van der Waals surface area contributed by atoms with Crippen LogP contribution in [0.5, 0.6) is 0 Å². The fraction of sp³-hybridized carbons (Fsp3) is 0.550. The molecule has 6 heteroatoms. The van der Waals surface area contributed by atoms with Crippen LogP contribution in [0.25, 0.3) is 0 Å². The number of anilines is 1. The average Bonchev–Trinajstić information content (AvgIpc) is 3.26. The summed E-state index contributed by atoms with van der Waals surface area (Å²) in [7, 11) is 0. The molecular formula is C20H23BrN2O3. The molecule has 5 atom stereocenters. The van der Waals surface area contributed by atoms with Crippen LogP contribution in [0.15, 0.2) is 16.6 Å². The minimum absolute atomic E-state index is 0.141. The number of hydrogen-bond acceptors (Lipinski definition) is 3. The van der Waals surface area contributed by atoms with Crippen LogP contribution in [-0.4, -0.2) is 28.7 Å². The van der Waals surface area contributed by atoms with Gasteiger partial charge in [0.05, 0.1) is 11.8 Å². The third-order valence-corrected chi connectivity index (χ3v) is 7.68. The monoisotopic (exact) mass is 418 g/mol. The van der Waals surface area contributed by atoms with Gasteiger partial charge in [-0.1, -0.05) is 15.9 Å². The Morgan fingerprint density at radius 3 is 2.12 bits per heavy atom. The molecule has 2 aliphatic carbocycles. The highest BCUT2D eigenvalue weighted by Crippen LogP contribution is 2.56. The van der Waals surface area contributed by atoms with Gasteiger partial charge in [0.2, 0.25) is 17.7 Å². The lowest BCUT2D eigenvalue weighted by molar-refractivity contribution is -0.146. The smallest absolute Gasteiger partial charge is 0.247 e. The lowest BCUT2D eigenvalue weighted by Crippen LogP contribution is -2.46. The van der Waals surface area contributed by atoms with Crippen molar-refractivity contribution in [1.29, 1.82) is 0 Å². The Morgan fingerprint density at radius 2 is 1.62 bits per heavy atom. The van der Waals surface area contributed by atoms with Gasteiger partial charge in [-0.3, -0.25) is 19.3 Å². The van der Waals surface area contributed by atoms with Gasteiger partial charge in [0.15, 0.2) is 0 Å². The molecule has 1 aromatic carbocycles. The van der Waals surface area contributed by atoms with Crippen LogP contribution in [-0.2, 0) is 14.4 Å². The van der Waals surface area contributed by atoms with Crippen LogP contribution in [0, 0.1) is 37.5 Å². The van der Waals surface area contributed by atoms with Crippen molar-refractivity contribution < 1.29 is 14.4 Å². The van der Waals surface area contributed by atoms with Gasteiger partial charge < -0.3 is 5.32 Å². The molecule has 0 radical (unpaired) electrons. The van der Waals surface area contributed by atoms with E-state index >= 15 is 0 Å². The molecule has 4 rings (SSSR count). The van der Waals surface area contributed by atoms with Gasteiger partial charge in [-0.2, -0.15) is 0 Å². The number of nitrogens with one attached hydrogen (secondary N) is 1. The summed E-state index contributed by atoms with van der Waals surface area (Å²) in [6.45, 7) is 5.56. The number of amides is 3. The van der Waals surface area contributed by atoms with Gasteiger partial charge in [-0.15, -0.1) is 0 Å². The van der Waals surface area contributed by atoms with E-state index in [2.05, 4.69) is 21.2 Å². The van der Waals surface area contributed by atoms with Gasteiger partial charge in [0, 0.05) is 10.2 Å². The Kier molecular flexibility index (Phi) is 4.21. The zero-order valence-electron chi connectivity index (χ0n) is 15.2. The minimum Gasteiger partial charge on any atom is -0.324 e.